The number of hydrogen-bond acceptors (Lipinski definition) is 4. The summed E-state index contributed by atoms with van der Waals surface area (Å²) in [5, 5.41) is 13.8. The van der Waals surface area contributed by atoms with Crippen molar-refractivity contribution < 1.29 is 4.42 Å². The molecule has 0 aliphatic heterocycles. The topological polar surface area (TPSA) is 91.1 Å². The van der Waals surface area contributed by atoms with Gasteiger partial charge in [0.25, 0.3) is 0 Å². The summed E-state index contributed by atoms with van der Waals surface area (Å²) >= 11 is 0. The number of rotatable bonds is 8. The lowest BCUT2D eigenvalue weighted by Crippen LogP contribution is -2.38. The van der Waals surface area contributed by atoms with E-state index < -0.39 is 0 Å². The number of benzene rings is 1. The number of H-pyrrole nitrogens is 1. The van der Waals surface area contributed by atoms with Gasteiger partial charge in [0.1, 0.15) is 5.82 Å². The molecule has 0 bridgehead atoms. The molecule has 1 aromatic carbocycles. The molecule has 0 aliphatic carbocycles. The van der Waals surface area contributed by atoms with Crippen LogP contribution in [-0.2, 0) is 12.8 Å². The summed E-state index contributed by atoms with van der Waals surface area (Å²) in [5.41, 5.74) is 3.95. The van der Waals surface area contributed by atoms with Crippen LogP contribution in [-0.4, -0.2) is 40.8 Å². The first-order valence-electron chi connectivity index (χ1n) is 9.68. The number of guanidine groups is 1. The molecule has 0 atom stereocenters. The zero-order valence-electron chi connectivity index (χ0n) is 17.2. The van der Waals surface area contributed by atoms with Crippen LogP contribution in [0, 0.1) is 13.8 Å². The van der Waals surface area contributed by atoms with Crippen LogP contribution < -0.4 is 10.6 Å². The average Bonchev–Trinajstić information content (AvgIpc) is 3.32. The lowest BCUT2D eigenvalue weighted by atomic mass is 10.1. The van der Waals surface area contributed by atoms with Crippen LogP contribution in [0.5, 0.6) is 0 Å². The monoisotopic (exact) mass is 508 g/mol. The number of aromatic nitrogens is 3. The molecule has 3 rings (SSSR count). The molecule has 7 nitrogen and oxygen atoms in total. The van der Waals surface area contributed by atoms with E-state index >= 15 is 0 Å². The molecule has 0 spiro atoms. The molecule has 0 aliphatic rings. The highest BCUT2D eigenvalue weighted by atomic mass is 127. The molecule has 3 aromatic rings. The number of aromatic amines is 1. The van der Waals surface area contributed by atoms with E-state index in [2.05, 4.69) is 69.8 Å². The summed E-state index contributed by atoms with van der Waals surface area (Å²) in [5.74, 6) is 2.84. The number of aliphatic imine (C=N–C) groups is 1. The normalized spacial score (nSPS) is 11.2. The highest BCUT2D eigenvalue weighted by Crippen LogP contribution is 2.14. The molecule has 8 heteroatoms. The second-order valence-electron chi connectivity index (χ2n) is 6.77. The van der Waals surface area contributed by atoms with Crippen LogP contribution >= 0.6 is 24.0 Å². The van der Waals surface area contributed by atoms with Gasteiger partial charge in [-0.05, 0) is 44.9 Å². The average molecular weight is 508 g/mol. The summed E-state index contributed by atoms with van der Waals surface area (Å²) in [6, 6.07) is 10.3. The standard InChI is InChI=1S/C21H28N6O.HI/c1-4-22-21(23-9-7-17-13-15(2)12-16(3)14-17)24-10-8-19-25-20(27-26-19)18-6-5-11-28-18;/h5-6,11-14H,4,7-10H2,1-3H3,(H2,22,23,24)(H,25,26,27);1H. The maximum absolute atomic E-state index is 5.31. The molecule has 2 heterocycles. The van der Waals surface area contributed by atoms with Gasteiger partial charge in [0, 0.05) is 26.1 Å². The van der Waals surface area contributed by atoms with Crippen LogP contribution in [0.15, 0.2) is 46.0 Å². The molecule has 3 N–H and O–H groups in total. The van der Waals surface area contributed by atoms with Crippen molar-refractivity contribution in [3.8, 4) is 11.6 Å². The number of nitrogens with one attached hydrogen (secondary N) is 3. The van der Waals surface area contributed by atoms with Gasteiger partial charge in [-0.1, -0.05) is 29.3 Å². The Morgan fingerprint density at radius 3 is 2.62 bits per heavy atom. The van der Waals surface area contributed by atoms with Crippen molar-refractivity contribution in [2.24, 2.45) is 4.99 Å². The maximum atomic E-state index is 5.31. The van der Waals surface area contributed by atoms with Gasteiger partial charge in [0.05, 0.1) is 6.26 Å². The molecule has 0 saturated heterocycles. The third-order valence-electron chi connectivity index (χ3n) is 4.22. The first-order chi connectivity index (χ1) is 13.6. The second-order valence-corrected chi connectivity index (χ2v) is 6.77. The number of hydrogen-bond donors (Lipinski definition) is 3. The Morgan fingerprint density at radius 2 is 1.93 bits per heavy atom. The van der Waals surface area contributed by atoms with E-state index in [0.29, 0.717) is 24.6 Å². The first-order valence-corrected chi connectivity index (χ1v) is 9.68. The van der Waals surface area contributed by atoms with E-state index in [1.54, 1.807) is 6.26 Å². The molecule has 0 amide bonds. The fraction of sp³-hybridized carbons (Fsp3) is 0.381. The molecular weight excluding hydrogens is 479 g/mol. The third kappa shape index (κ3) is 7.19. The fourth-order valence-corrected chi connectivity index (χ4v) is 3.08. The first kappa shape index (κ1) is 22.9. The summed E-state index contributed by atoms with van der Waals surface area (Å²) in [6.45, 7) is 8.60. The highest BCUT2D eigenvalue weighted by Gasteiger charge is 2.08. The second kappa shape index (κ2) is 11.6. The van der Waals surface area contributed by atoms with E-state index in [-0.39, 0.29) is 24.0 Å². The van der Waals surface area contributed by atoms with E-state index in [9.17, 15) is 0 Å². The predicted molar refractivity (Wildman–Crippen MR) is 127 cm³/mol. The van der Waals surface area contributed by atoms with Crippen molar-refractivity contribution in [1.82, 2.24) is 25.8 Å². The van der Waals surface area contributed by atoms with Crippen molar-refractivity contribution in [1.29, 1.82) is 0 Å². The van der Waals surface area contributed by atoms with Crippen molar-refractivity contribution in [2.75, 3.05) is 19.6 Å². The number of furan rings is 1. The van der Waals surface area contributed by atoms with Crippen LogP contribution in [0.25, 0.3) is 11.6 Å². The molecule has 2 aromatic heterocycles. The van der Waals surface area contributed by atoms with Gasteiger partial charge in [-0.3, -0.25) is 10.1 Å². The number of aryl methyl sites for hydroxylation is 2. The smallest absolute Gasteiger partial charge is 0.216 e. The van der Waals surface area contributed by atoms with Crippen molar-refractivity contribution in [3.63, 3.8) is 0 Å². The lowest BCUT2D eigenvalue weighted by Gasteiger charge is -2.11. The van der Waals surface area contributed by atoms with Gasteiger partial charge in [-0.2, -0.15) is 5.10 Å². The third-order valence-corrected chi connectivity index (χ3v) is 4.22. The highest BCUT2D eigenvalue weighted by molar-refractivity contribution is 14.0. The minimum Gasteiger partial charge on any atom is -0.461 e. The van der Waals surface area contributed by atoms with Crippen LogP contribution in [0.1, 0.15) is 29.4 Å². The molecule has 0 unspecified atom stereocenters. The van der Waals surface area contributed by atoms with Gasteiger partial charge in [0.2, 0.25) is 5.82 Å². The number of halogens is 1. The summed E-state index contributed by atoms with van der Waals surface area (Å²) in [7, 11) is 0. The van der Waals surface area contributed by atoms with E-state index in [1.165, 1.54) is 16.7 Å². The summed E-state index contributed by atoms with van der Waals surface area (Å²) in [4.78, 5) is 9.07. The zero-order chi connectivity index (χ0) is 19.8. The van der Waals surface area contributed by atoms with E-state index in [0.717, 1.165) is 31.3 Å². The SMILES string of the molecule is CCNC(=NCCc1nc(-c2ccco2)n[nH]1)NCCc1cc(C)cc(C)c1.I. The molecule has 0 fully saturated rings. The quantitative estimate of drug-likeness (QED) is 0.246. The van der Waals surface area contributed by atoms with Crippen LogP contribution in [0.2, 0.25) is 0 Å². The van der Waals surface area contributed by atoms with Gasteiger partial charge in [-0.15, -0.1) is 24.0 Å². The van der Waals surface area contributed by atoms with Crippen molar-refractivity contribution in [2.45, 2.75) is 33.6 Å². The van der Waals surface area contributed by atoms with Gasteiger partial charge < -0.3 is 15.1 Å². The molecule has 156 valence electrons. The predicted octanol–water partition coefficient (Wildman–Crippen LogP) is 3.64. The van der Waals surface area contributed by atoms with Gasteiger partial charge in [0.15, 0.2) is 11.7 Å². The molecular formula is C21H29IN6O. The lowest BCUT2D eigenvalue weighted by molar-refractivity contribution is 0.577. The van der Waals surface area contributed by atoms with Gasteiger partial charge >= 0.3 is 0 Å². The summed E-state index contributed by atoms with van der Waals surface area (Å²) in [6.07, 6.45) is 3.25. The largest absolute Gasteiger partial charge is 0.461 e. The zero-order valence-corrected chi connectivity index (χ0v) is 19.5. The molecule has 0 saturated carbocycles. The number of nitrogens with zero attached hydrogens (tertiary/aromatic N) is 3. The Balaban J connectivity index is 0.00000300. The molecule has 0 radical (unpaired) electrons. The summed E-state index contributed by atoms with van der Waals surface area (Å²) < 4.78 is 5.31. The van der Waals surface area contributed by atoms with E-state index in [4.69, 9.17) is 4.42 Å². The Bertz CT molecular complexity index is 884. The van der Waals surface area contributed by atoms with Crippen molar-refractivity contribution in [3.05, 3.63) is 59.1 Å². The van der Waals surface area contributed by atoms with E-state index in [1.807, 2.05) is 12.1 Å². The minimum atomic E-state index is 0. The van der Waals surface area contributed by atoms with Crippen molar-refractivity contribution >= 4 is 29.9 Å². The van der Waals surface area contributed by atoms with Crippen LogP contribution in [0.3, 0.4) is 0 Å². The fourth-order valence-electron chi connectivity index (χ4n) is 3.08. The van der Waals surface area contributed by atoms with Crippen LogP contribution in [0.4, 0.5) is 0 Å². The Hall–Kier alpha value is -2.36. The minimum absolute atomic E-state index is 0. The Kier molecular flexibility index (Phi) is 9.17. The van der Waals surface area contributed by atoms with Gasteiger partial charge in [-0.25, -0.2) is 4.98 Å². The molecule has 29 heavy (non-hydrogen) atoms. The Labute approximate surface area is 188 Å². The Morgan fingerprint density at radius 1 is 1.14 bits per heavy atom. The maximum Gasteiger partial charge on any atom is 0.216 e.